The third-order valence-corrected chi connectivity index (χ3v) is 7.75. The van der Waals surface area contributed by atoms with Gasteiger partial charge in [-0.1, -0.05) is 12.1 Å². The predicted molar refractivity (Wildman–Crippen MR) is 139 cm³/mol. The van der Waals surface area contributed by atoms with E-state index < -0.39 is 0 Å². The Morgan fingerprint density at radius 3 is 2.68 bits per heavy atom. The van der Waals surface area contributed by atoms with E-state index >= 15 is 0 Å². The van der Waals surface area contributed by atoms with Crippen molar-refractivity contribution in [1.82, 2.24) is 19.0 Å². The molecule has 4 aromatic rings. The number of rotatable bonds is 4. The lowest BCUT2D eigenvalue weighted by Gasteiger charge is -2.37. The number of imidazole rings is 1. The van der Waals surface area contributed by atoms with Gasteiger partial charge in [0.1, 0.15) is 0 Å². The summed E-state index contributed by atoms with van der Waals surface area (Å²) in [7, 11) is 0. The molecule has 3 aliphatic rings. The summed E-state index contributed by atoms with van der Waals surface area (Å²) < 4.78 is 4.33. The lowest BCUT2D eigenvalue weighted by atomic mass is 10.0. The molecule has 8 nitrogen and oxygen atoms in total. The zero-order valence-electron chi connectivity index (χ0n) is 20.3. The summed E-state index contributed by atoms with van der Waals surface area (Å²) in [5.74, 6) is 1.32. The van der Waals surface area contributed by atoms with E-state index in [4.69, 9.17) is 5.26 Å². The van der Waals surface area contributed by atoms with Crippen LogP contribution in [-0.2, 0) is 11.3 Å². The molecule has 7 rings (SSSR count). The molecule has 8 heteroatoms. The van der Waals surface area contributed by atoms with Crippen LogP contribution in [0.15, 0.2) is 67.1 Å². The van der Waals surface area contributed by atoms with Crippen LogP contribution in [0.25, 0.3) is 28.3 Å². The number of hydrogen-bond acceptors (Lipinski definition) is 5. The molecule has 0 spiro atoms. The zero-order valence-corrected chi connectivity index (χ0v) is 20.3. The summed E-state index contributed by atoms with van der Waals surface area (Å²) >= 11 is 0. The highest BCUT2D eigenvalue weighted by atomic mass is 16.3. The lowest BCUT2D eigenvalue weighted by molar-refractivity contribution is -0.117. The molecule has 0 unspecified atom stereocenters. The Morgan fingerprint density at radius 2 is 1.89 bits per heavy atom. The number of aliphatic hydroxyl groups excluding tert-OH is 1. The van der Waals surface area contributed by atoms with Gasteiger partial charge in [-0.25, -0.2) is 4.98 Å². The van der Waals surface area contributed by atoms with Gasteiger partial charge in [-0.15, -0.1) is 0 Å². The van der Waals surface area contributed by atoms with Crippen molar-refractivity contribution in [2.24, 2.45) is 5.92 Å². The summed E-state index contributed by atoms with van der Waals surface area (Å²) in [4.78, 5) is 21.8. The Kier molecular flexibility index (Phi) is 5.03. The zero-order chi connectivity index (χ0) is 25.1. The number of nitriles is 1. The number of carbonyl (C=O) groups is 1. The number of hydrogen-bond donors (Lipinski definition) is 1. The van der Waals surface area contributed by atoms with Crippen molar-refractivity contribution in [3.63, 3.8) is 0 Å². The molecule has 1 atom stereocenters. The van der Waals surface area contributed by atoms with Crippen LogP contribution < -0.4 is 4.90 Å². The number of aromatic nitrogens is 3. The number of likely N-dealkylation sites (tertiary alicyclic amines) is 1. The summed E-state index contributed by atoms with van der Waals surface area (Å²) in [6.07, 6.45) is 6.26. The first-order valence-corrected chi connectivity index (χ1v) is 12.6. The lowest BCUT2D eigenvalue weighted by Crippen LogP contribution is -2.52. The van der Waals surface area contributed by atoms with E-state index in [1.54, 1.807) is 0 Å². The first kappa shape index (κ1) is 22.0. The van der Waals surface area contributed by atoms with Crippen molar-refractivity contribution in [3.8, 4) is 34.4 Å². The van der Waals surface area contributed by atoms with Crippen molar-refractivity contribution in [1.29, 1.82) is 5.26 Å². The van der Waals surface area contributed by atoms with Crippen molar-refractivity contribution in [3.05, 3.63) is 78.2 Å². The molecular formula is C29H26N6O2. The Morgan fingerprint density at radius 1 is 1.05 bits per heavy atom. The van der Waals surface area contributed by atoms with Crippen LogP contribution >= 0.6 is 0 Å². The van der Waals surface area contributed by atoms with E-state index in [1.165, 1.54) is 0 Å². The van der Waals surface area contributed by atoms with E-state index in [1.807, 2.05) is 47.6 Å². The molecule has 5 heterocycles. The molecule has 0 aliphatic carbocycles. The highest BCUT2D eigenvalue weighted by Gasteiger charge is 2.35. The SMILES string of the molecule is N#Cc1ccc(-c2cc3n(c2)Cc2cc(N4C[C@@H](CN5CC(O)C5)CC4=O)ccc2-n2ccnc2-3)cc1. The van der Waals surface area contributed by atoms with E-state index in [0.717, 1.165) is 46.1 Å². The van der Waals surface area contributed by atoms with Gasteiger partial charge in [-0.3, -0.25) is 14.3 Å². The van der Waals surface area contributed by atoms with Gasteiger partial charge in [0.2, 0.25) is 5.91 Å². The number of benzene rings is 2. The van der Waals surface area contributed by atoms with Gasteiger partial charge in [0.15, 0.2) is 5.82 Å². The fourth-order valence-corrected chi connectivity index (χ4v) is 5.91. The summed E-state index contributed by atoms with van der Waals surface area (Å²) in [5.41, 5.74) is 6.91. The average molecular weight is 491 g/mol. The standard InChI is InChI=1S/C29H26N6O2/c30-12-19-1-3-21(4-2-19)22-11-27-29-31-7-8-34(29)26-6-5-24(10-23(26)16-33(27)15-22)35-14-20(9-28(35)37)13-32-17-25(36)18-32/h1-8,10-11,15,20,25,36H,9,13-14,16-18H2/t20-/m1/s1. The van der Waals surface area contributed by atoms with Gasteiger partial charge < -0.3 is 14.6 Å². The maximum Gasteiger partial charge on any atom is 0.227 e. The second-order valence-corrected chi connectivity index (χ2v) is 10.3. The van der Waals surface area contributed by atoms with Crippen LogP contribution in [0.1, 0.15) is 17.5 Å². The highest BCUT2D eigenvalue weighted by molar-refractivity contribution is 5.96. The van der Waals surface area contributed by atoms with Gasteiger partial charge in [-0.05, 0) is 53.4 Å². The molecule has 0 saturated carbocycles. The van der Waals surface area contributed by atoms with Gasteiger partial charge in [0.25, 0.3) is 0 Å². The van der Waals surface area contributed by atoms with E-state index in [0.29, 0.717) is 38.2 Å². The number of carbonyl (C=O) groups excluding carboxylic acids is 1. The Hall–Kier alpha value is -4.19. The Balaban J connectivity index is 1.21. The number of fused-ring (bicyclic) bond motifs is 5. The van der Waals surface area contributed by atoms with Gasteiger partial charge in [0, 0.05) is 69.0 Å². The van der Waals surface area contributed by atoms with Crippen LogP contribution in [-0.4, -0.2) is 62.3 Å². The van der Waals surface area contributed by atoms with Gasteiger partial charge in [0.05, 0.1) is 29.1 Å². The second-order valence-electron chi connectivity index (χ2n) is 10.3. The predicted octanol–water partition coefficient (Wildman–Crippen LogP) is 3.27. The van der Waals surface area contributed by atoms with Crippen LogP contribution in [0.3, 0.4) is 0 Å². The number of anilines is 1. The largest absolute Gasteiger partial charge is 0.390 e. The molecule has 37 heavy (non-hydrogen) atoms. The summed E-state index contributed by atoms with van der Waals surface area (Å²) in [5, 5.41) is 18.7. The summed E-state index contributed by atoms with van der Waals surface area (Å²) in [6, 6.07) is 18.2. The van der Waals surface area contributed by atoms with E-state index in [-0.39, 0.29) is 17.9 Å². The van der Waals surface area contributed by atoms with E-state index in [2.05, 4.69) is 49.5 Å². The Bertz CT molecular complexity index is 1550. The van der Waals surface area contributed by atoms with Crippen molar-refractivity contribution < 1.29 is 9.90 Å². The van der Waals surface area contributed by atoms with Crippen molar-refractivity contribution in [2.45, 2.75) is 19.1 Å². The molecule has 2 aromatic carbocycles. The fraction of sp³-hybridized carbons (Fsp3) is 0.276. The van der Waals surface area contributed by atoms with Crippen molar-refractivity contribution >= 4 is 11.6 Å². The quantitative estimate of drug-likeness (QED) is 0.418. The minimum Gasteiger partial charge on any atom is -0.390 e. The van der Waals surface area contributed by atoms with Crippen LogP contribution in [0.5, 0.6) is 0 Å². The maximum absolute atomic E-state index is 13.0. The van der Waals surface area contributed by atoms with E-state index in [9.17, 15) is 9.90 Å². The fourth-order valence-electron chi connectivity index (χ4n) is 5.91. The van der Waals surface area contributed by atoms with Crippen molar-refractivity contribution in [2.75, 3.05) is 31.1 Å². The number of amides is 1. The first-order chi connectivity index (χ1) is 18.1. The second kappa shape index (κ2) is 8.44. The molecule has 0 radical (unpaired) electrons. The van der Waals surface area contributed by atoms with Gasteiger partial charge >= 0.3 is 0 Å². The third-order valence-electron chi connectivity index (χ3n) is 7.75. The minimum atomic E-state index is -0.220. The highest BCUT2D eigenvalue weighted by Crippen LogP contribution is 2.36. The maximum atomic E-state index is 13.0. The summed E-state index contributed by atoms with van der Waals surface area (Å²) in [6.45, 7) is 3.64. The molecule has 1 amide bonds. The number of nitrogens with zero attached hydrogens (tertiary/aromatic N) is 6. The van der Waals surface area contributed by atoms with Crippen LogP contribution in [0.4, 0.5) is 5.69 Å². The number of β-amino-alcohol motifs (C(OH)–C–C–N with tert-alkyl or cyclic N) is 1. The van der Waals surface area contributed by atoms with Crippen LogP contribution in [0.2, 0.25) is 0 Å². The molecule has 2 aromatic heterocycles. The molecule has 0 bridgehead atoms. The first-order valence-electron chi connectivity index (χ1n) is 12.6. The molecule has 184 valence electrons. The normalized spacial score (nSPS) is 19.1. The molecule has 3 aliphatic heterocycles. The van der Waals surface area contributed by atoms with Gasteiger partial charge in [-0.2, -0.15) is 5.26 Å². The smallest absolute Gasteiger partial charge is 0.227 e. The molecular weight excluding hydrogens is 464 g/mol. The minimum absolute atomic E-state index is 0.160. The monoisotopic (exact) mass is 490 g/mol. The third kappa shape index (κ3) is 3.75. The Labute approximate surface area is 214 Å². The molecule has 2 fully saturated rings. The molecule has 1 N–H and O–H groups in total. The molecule has 2 saturated heterocycles. The van der Waals surface area contributed by atoms with Crippen LogP contribution in [0, 0.1) is 17.2 Å². The number of aliphatic hydroxyl groups is 1. The average Bonchev–Trinajstić information content (AvgIpc) is 3.60. The topological polar surface area (TPSA) is 90.3 Å².